The highest BCUT2D eigenvalue weighted by Crippen LogP contribution is 2.21. The summed E-state index contributed by atoms with van der Waals surface area (Å²) >= 11 is 0. The summed E-state index contributed by atoms with van der Waals surface area (Å²) in [7, 11) is 0. The van der Waals surface area contributed by atoms with Gasteiger partial charge in [-0.25, -0.2) is 9.59 Å². The maximum absolute atomic E-state index is 12.4. The molecule has 0 spiro atoms. The topological polar surface area (TPSA) is 137 Å². The van der Waals surface area contributed by atoms with Gasteiger partial charge >= 0.3 is 12.1 Å². The molecule has 0 aliphatic heterocycles. The summed E-state index contributed by atoms with van der Waals surface area (Å²) < 4.78 is 9.91. The molecule has 10 heteroatoms. The molecule has 144 valence electrons. The van der Waals surface area contributed by atoms with E-state index in [1.54, 1.807) is 20.8 Å². The van der Waals surface area contributed by atoms with Crippen molar-refractivity contribution in [1.82, 2.24) is 5.32 Å². The third-order valence-electron chi connectivity index (χ3n) is 2.93. The van der Waals surface area contributed by atoms with Crippen LogP contribution in [0.2, 0.25) is 0 Å². The molecule has 0 saturated heterocycles. The predicted molar refractivity (Wildman–Crippen MR) is 88.6 cm³/mol. The quantitative estimate of drug-likeness (QED) is 0.321. The zero-order chi connectivity index (χ0) is 20.0. The Hall–Kier alpha value is -3.04. The zero-order valence-corrected chi connectivity index (χ0v) is 15.0. The van der Waals surface area contributed by atoms with Crippen LogP contribution in [-0.4, -0.2) is 40.2 Å². The second kappa shape index (κ2) is 8.37. The van der Waals surface area contributed by atoms with Crippen LogP contribution in [-0.2, 0) is 25.5 Å². The standard InChI is InChI=1S/C16H22N2O8/c1-5-24-13(20)16(26-18(22)23,17-14(21)25-15(2,3)4)10-11-6-8-12(19)9-7-11/h6-9,19H,5,10H2,1-4H3,(H,17,21). The van der Waals surface area contributed by atoms with Crippen molar-refractivity contribution in [2.75, 3.05) is 6.61 Å². The lowest BCUT2D eigenvalue weighted by atomic mass is 10.0. The number of hydrogen-bond acceptors (Lipinski definition) is 8. The molecule has 0 fully saturated rings. The van der Waals surface area contributed by atoms with Gasteiger partial charge in [0, 0.05) is 6.42 Å². The number of amides is 1. The molecule has 26 heavy (non-hydrogen) atoms. The van der Waals surface area contributed by atoms with Crippen LogP contribution < -0.4 is 5.32 Å². The summed E-state index contributed by atoms with van der Waals surface area (Å²) in [5.74, 6) is -1.19. The van der Waals surface area contributed by atoms with Crippen LogP contribution in [0.5, 0.6) is 5.75 Å². The normalized spacial score (nSPS) is 13.2. The van der Waals surface area contributed by atoms with Gasteiger partial charge in [0.15, 0.2) is 0 Å². The van der Waals surface area contributed by atoms with Crippen molar-refractivity contribution in [2.45, 2.75) is 45.4 Å². The van der Waals surface area contributed by atoms with E-state index in [9.17, 15) is 24.8 Å². The van der Waals surface area contributed by atoms with Gasteiger partial charge in [-0.2, -0.15) is 0 Å². The first-order valence-electron chi connectivity index (χ1n) is 7.77. The number of benzene rings is 1. The average molecular weight is 370 g/mol. The summed E-state index contributed by atoms with van der Waals surface area (Å²) in [6.45, 7) is 6.18. The van der Waals surface area contributed by atoms with E-state index < -0.39 is 34.9 Å². The Balaban J connectivity index is 3.24. The van der Waals surface area contributed by atoms with Gasteiger partial charge in [0.05, 0.1) is 6.61 Å². The number of phenolic OH excluding ortho intramolecular Hbond substituents is 1. The molecule has 0 radical (unpaired) electrons. The number of aromatic hydroxyl groups is 1. The number of carbonyl (C=O) groups is 2. The van der Waals surface area contributed by atoms with E-state index in [0.29, 0.717) is 5.56 Å². The monoisotopic (exact) mass is 370 g/mol. The average Bonchev–Trinajstić information content (AvgIpc) is 2.47. The largest absolute Gasteiger partial charge is 0.508 e. The van der Waals surface area contributed by atoms with Crippen LogP contribution in [0.25, 0.3) is 0 Å². The van der Waals surface area contributed by atoms with E-state index in [1.807, 2.05) is 0 Å². The molecule has 0 aliphatic carbocycles. The summed E-state index contributed by atoms with van der Waals surface area (Å²) in [4.78, 5) is 40.0. The Morgan fingerprint density at radius 1 is 1.23 bits per heavy atom. The van der Waals surface area contributed by atoms with Crippen LogP contribution in [0.4, 0.5) is 4.79 Å². The Morgan fingerprint density at radius 2 is 1.81 bits per heavy atom. The minimum atomic E-state index is -2.45. The van der Waals surface area contributed by atoms with Gasteiger partial charge in [-0.15, -0.1) is 10.1 Å². The molecule has 10 nitrogen and oxygen atoms in total. The predicted octanol–water partition coefficient (Wildman–Crippen LogP) is 1.93. The molecule has 1 unspecified atom stereocenters. The van der Waals surface area contributed by atoms with Crippen LogP contribution in [0, 0.1) is 10.1 Å². The number of hydrogen-bond donors (Lipinski definition) is 2. The van der Waals surface area contributed by atoms with Crippen molar-refractivity contribution >= 4 is 12.1 Å². The van der Waals surface area contributed by atoms with E-state index in [0.717, 1.165) is 0 Å². The molecule has 1 amide bonds. The zero-order valence-electron chi connectivity index (χ0n) is 15.0. The molecule has 2 N–H and O–H groups in total. The SMILES string of the molecule is CCOC(=O)C(Cc1ccc(O)cc1)(NC(=O)OC(C)(C)C)O[N+](=O)[O-]. The van der Waals surface area contributed by atoms with Crippen molar-refractivity contribution in [3.63, 3.8) is 0 Å². The molecular formula is C16H22N2O8. The highest BCUT2D eigenvalue weighted by molar-refractivity contribution is 5.84. The highest BCUT2D eigenvalue weighted by Gasteiger charge is 2.47. The second-order valence-corrected chi connectivity index (χ2v) is 6.33. The van der Waals surface area contributed by atoms with Crippen LogP contribution in [0.15, 0.2) is 24.3 Å². The highest BCUT2D eigenvalue weighted by atomic mass is 17.0. The Labute approximate surface area is 150 Å². The van der Waals surface area contributed by atoms with E-state index in [2.05, 4.69) is 10.2 Å². The van der Waals surface area contributed by atoms with Crippen LogP contribution in [0.3, 0.4) is 0 Å². The third-order valence-corrected chi connectivity index (χ3v) is 2.93. The number of rotatable bonds is 7. The number of nitrogens with zero attached hydrogens (tertiary/aromatic N) is 1. The molecule has 1 aromatic rings. The molecule has 0 saturated carbocycles. The number of ether oxygens (including phenoxy) is 2. The summed E-state index contributed by atoms with van der Waals surface area (Å²) in [5.41, 5.74) is -2.98. The minimum Gasteiger partial charge on any atom is -0.508 e. The van der Waals surface area contributed by atoms with Crippen molar-refractivity contribution in [3.8, 4) is 5.75 Å². The molecule has 0 aromatic heterocycles. The fourth-order valence-electron chi connectivity index (χ4n) is 2.00. The molecule has 0 bridgehead atoms. The van der Waals surface area contributed by atoms with Gasteiger partial charge in [0.1, 0.15) is 11.4 Å². The lowest BCUT2D eigenvalue weighted by Gasteiger charge is -2.31. The van der Waals surface area contributed by atoms with Gasteiger partial charge in [0.25, 0.3) is 10.8 Å². The van der Waals surface area contributed by atoms with E-state index in [1.165, 1.54) is 31.2 Å². The van der Waals surface area contributed by atoms with Gasteiger partial charge < -0.3 is 14.6 Å². The summed E-state index contributed by atoms with van der Waals surface area (Å²) in [6.07, 6.45) is -1.52. The first-order chi connectivity index (χ1) is 12.0. The first kappa shape index (κ1) is 21.0. The molecular weight excluding hydrogens is 348 g/mol. The second-order valence-electron chi connectivity index (χ2n) is 6.33. The Kier molecular flexibility index (Phi) is 6.76. The number of nitrogens with one attached hydrogen (secondary N) is 1. The van der Waals surface area contributed by atoms with Gasteiger partial charge in [0.2, 0.25) is 0 Å². The fraction of sp³-hybridized carbons (Fsp3) is 0.500. The molecule has 0 heterocycles. The van der Waals surface area contributed by atoms with Crippen LogP contribution >= 0.6 is 0 Å². The number of carbonyl (C=O) groups excluding carboxylic acids is 2. The number of alkyl carbamates (subject to hydrolysis) is 1. The van der Waals surface area contributed by atoms with Gasteiger partial charge in [-0.3, -0.25) is 10.2 Å². The van der Waals surface area contributed by atoms with Crippen LogP contribution in [0.1, 0.15) is 33.3 Å². The summed E-state index contributed by atoms with van der Waals surface area (Å²) in [6, 6.07) is 5.49. The Morgan fingerprint density at radius 3 is 2.27 bits per heavy atom. The van der Waals surface area contributed by atoms with Crippen molar-refractivity contribution in [3.05, 3.63) is 39.9 Å². The fourth-order valence-corrected chi connectivity index (χ4v) is 2.00. The van der Waals surface area contributed by atoms with Crippen molar-refractivity contribution in [1.29, 1.82) is 0 Å². The molecule has 1 rings (SSSR count). The summed E-state index contributed by atoms with van der Waals surface area (Å²) in [5, 5.41) is 21.2. The molecule has 0 aliphatic rings. The van der Waals surface area contributed by atoms with E-state index in [4.69, 9.17) is 9.47 Å². The smallest absolute Gasteiger partial charge is 0.410 e. The Bertz CT molecular complexity index is 653. The molecule has 1 aromatic carbocycles. The maximum atomic E-state index is 12.4. The number of phenols is 1. The maximum Gasteiger partial charge on any atom is 0.410 e. The van der Waals surface area contributed by atoms with Crippen molar-refractivity contribution < 1.29 is 34.1 Å². The lowest BCUT2D eigenvalue weighted by molar-refractivity contribution is -0.778. The van der Waals surface area contributed by atoms with Crippen molar-refractivity contribution in [2.24, 2.45) is 0 Å². The third kappa shape index (κ3) is 6.46. The lowest BCUT2D eigenvalue weighted by Crippen LogP contribution is -2.60. The van der Waals surface area contributed by atoms with E-state index >= 15 is 0 Å². The van der Waals surface area contributed by atoms with E-state index in [-0.39, 0.29) is 12.4 Å². The minimum absolute atomic E-state index is 0.0363. The first-order valence-corrected chi connectivity index (χ1v) is 7.77. The van der Waals surface area contributed by atoms with Gasteiger partial charge in [-0.1, -0.05) is 12.1 Å². The number of esters is 1. The molecule has 1 atom stereocenters. The van der Waals surface area contributed by atoms with Gasteiger partial charge in [-0.05, 0) is 45.4 Å².